The molecule has 1 aromatic carbocycles. The number of anilines is 1. The van der Waals surface area contributed by atoms with Crippen LogP contribution in [-0.4, -0.2) is 186 Å². The van der Waals surface area contributed by atoms with Crippen molar-refractivity contribution >= 4 is 23.5 Å². The molecule has 2 amide bonds. The van der Waals surface area contributed by atoms with Gasteiger partial charge in [0.15, 0.2) is 6.29 Å². The summed E-state index contributed by atoms with van der Waals surface area (Å²) in [6.07, 6.45) is -24.5. The minimum Gasteiger partial charge on any atom is -0.477 e. The Morgan fingerprint density at radius 3 is 2.06 bits per heavy atom. The molecule has 3 fully saturated rings. The Kier molecular flexibility index (Phi) is 14.3. The molecule has 3 saturated heterocycles. The Hall–Kier alpha value is -3.33. The third-order valence-corrected chi connectivity index (χ3v) is 8.98. The van der Waals surface area contributed by atoms with Gasteiger partial charge in [-0.05, 0) is 24.3 Å². The van der Waals surface area contributed by atoms with E-state index in [-0.39, 0.29) is 5.75 Å². The predicted molar refractivity (Wildman–Crippen MR) is 171 cm³/mol. The Morgan fingerprint density at radius 2 is 1.49 bits per heavy atom. The lowest BCUT2D eigenvalue weighted by molar-refractivity contribution is -0.357. The monoisotopic (exact) mass is 765 g/mol. The Labute approximate surface area is 301 Å². The average molecular weight is 766 g/mol. The lowest BCUT2D eigenvalue weighted by Gasteiger charge is -2.48. The quantitative estimate of drug-likeness (QED) is 0.0783. The third-order valence-electron chi connectivity index (χ3n) is 8.98. The fourth-order valence-corrected chi connectivity index (χ4v) is 6.22. The minimum absolute atomic E-state index is 0.221. The van der Waals surface area contributed by atoms with Crippen LogP contribution in [-0.2, 0) is 38.1 Å². The van der Waals surface area contributed by atoms with Gasteiger partial charge in [0.05, 0.1) is 32.0 Å². The first-order valence-electron chi connectivity index (χ1n) is 16.5. The molecule has 22 heteroatoms. The molecule has 300 valence electrons. The fraction of sp³-hybridized carbons (Fsp3) is 0.710. The average Bonchev–Trinajstić information content (AvgIpc) is 3.11. The van der Waals surface area contributed by atoms with Gasteiger partial charge >= 0.3 is 5.97 Å². The van der Waals surface area contributed by atoms with Gasteiger partial charge in [-0.2, -0.15) is 0 Å². The van der Waals surface area contributed by atoms with Crippen LogP contribution in [0.15, 0.2) is 24.3 Å². The summed E-state index contributed by atoms with van der Waals surface area (Å²) in [5.41, 5.74) is 6.13. The summed E-state index contributed by atoms with van der Waals surface area (Å²) >= 11 is 0. The maximum atomic E-state index is 12.6. The van der Waals surface area contributed by atoms with Gasteiger partial charge in [0, 0.05) is 26.0 Å². The molecule has 22 nitrogen and oxygen atoms in total. The van der Waals surface area contributed by atoms with Crippen LogP contribution in [0.25, 0.3) is 0 Å². The smallest absolute Gasteiger partial charge is 0.364 e. The number of aliphatic hydroxyl groups is 9. The van der Waals surface area contributed by atoms with Crippen LogP contribution in [0.2, 0.25) is 0 Å². The van der Waals surface area contributed by atoms with Crippen LogP contribution in [0.4, 0.5) is 5.69 Å². The van der Waals surface area contributed by atoms with E-state index in [9.17, 15) is 65.4 Å². The molecule has 3 aliphatic heterocycles. The predicted octanol–water partition coefficient (Wildman–Crippen LogP) is -6.41. The van der Waals surface area contributed by atoms with Crippen LogP contribution in [0.3, 0.4) is 0 Å². The van der Waals surface area contributed by atoms with Gasteiger partial charge in [-0.15, -0.1) is 0 Å². The summed E-state index contributed by atoms with van der Waals surface area (Å²) in [6, 6.07) is 3.17. The van der Waals surface area contributed by atoms with E-state index in [0.717, 1.165) is 13.8 Å². The molecule has 14 N–H and O–H groups in total. The first kappa shape index (κ1) is 42.4. The van der Waals surface area contributed by atoms with E-state index >= 15 is 0 Å². The third kappa shape index (κ3) is 9.68. The molecule has 0 aromatic heterocycles. The molecule has 3 aliphatic rings. The van der Waals surface area contributed by atoms with Gasteiger partial charge in [0.1, 0.15) is 72.8 Å². The van der Waals surface area contributed by atoms with Crippen molar-refractivity contribution in [1.82, 2.24) is 10.6 Å². The molecule has 3 heterocycles. The zero-order valence-electron chi connectivity index (χ0n) is 28.5. The molecule has 16 atom stereocenters. The van der Waals surface area contributed by atoms with Crippen molar-refractivity contribution in [2.24, 2.45) is 0 Å². The Bertz CT molecular complexity index is 1390. The van der Waals surface area contributed by atoms with Crippen molar-refractivity contribution in [3.05, 3.63) is 24.3 Å². The number of nitrogens with one attached hydrogen (secondary N) is 2. The number of carboxylic acids is 1. The molecule has 0 saturated carbocycles. The Morgan fingerprint density at radius 1 is 0.887 bits per heavy atom. The molecular formula is C31H47N3O19. The van der Waals surface area contributed by atoms with Crippen molar-refractivity contribution in [2.75, 3.05) is 25.6 Å². The molecule has 0 spiro atoms. The highest BCUT2D eigenvalue weighted by atomic mass is 16.8. The number of aliphatic carboxylic acids is 1. The molecule has 0 unspecified atom stereocenters. The SMILES string of the molecule is CC(=O)N[C@H]1[C@H](Oc2ccc(N)cc2)O[C@H](CO)[C@@H](O[C@@H]2O[C@H](CO[C@]3(C(=O)O)C[C@H](O)[C@@H](NC(C)=O)[C@H]([C@H](O)[C@H](O)CO)O3)[C@H](O)[C@H](O)[C@H]2O)[C@@H]1O. The van der Waals surface area contributed by atoms with E-state index in [2.05, 4.69) is 10.6 Å². The highest BCUT2D eigenvalue weighted by Crippen LogP contribution is 2.36. The van der Waals surface area contributed by atoms with Crippen molar-refractivity contribution < 1.29 is 93.9 Å². The van der Waals surface area contributed by atoms with Crippen LogP contribution in [0.1, 0.15) is 20.3 Å². The molecule has 4 rings (SSSR count). The number of benzene rings is 1. The topological polar surface area (TPSA) is 359 Å². The highest BCUT2D eigenvalue weighted by Gasteiger charge is 2.57. The molecule has 53 heavy (non-hydrogen) atoms. The van der Waals surface area contributed by atoms with E-state index in [1.165, 1.54) is 24.3 Å². The number of hydrogen-bond donors (Lipinski definition) is 13. The highest BCUT2D eigenvalue weighted by molar-refractivity contribution is 5.76. The maximum Gasteiger partial charge on any atom is 0.364 e. The number of carboxylic acid groups (broad SMARTS) is 1. The van der Waals surface area contributed by atoms with E-state index in [1.54, 1.807) is 0 Å². The maximum absolute atomic E-state index is 12.6. The van der Waals surface area contributed by atoms with Crippen molar-refractivity contribution in [3.63, 3.8) is 0 Å². The number of nitrogen functional groups attached to an aromatic ring is 1. The number of aliphatic hydroxyl groups excluding tert-OH is 9. The number of nitrogens with two attached hydrogens (primary N) is 1. The zero-order valence-corrected chi connectivity index (χ0v) is 28.5. The van der Waals surface area contributed by atoms with Crippen molar-refractivity contribution in [2.45, 2.75) is 118 Å². The van der Waals surface area contributed by atoms with Crippen molar-refractivity contribution in [3.8, 4) is 5.75 Å². The summed E-state index contributed by atoms with van der Waals surface area (Å²) in [6.45, 7) is -0.598. The van der Waals surface area contributed by atoms with Gasteiger partial charge in [0.2, 0.25) is 18.1 Å². The van der Waals surface area contributed by atoms with Gasteiger partial charge < -0.3 is 95.9 Å². The Balaban J connectivity index is 1.54. The zero-order chi connectivity index (χ0) is 39.4. The molecule has 1 aromatic rings. The minimum atomic E-state index is -2.85. The van der Waals surface area contributed by atoms with E-state index < -0.39 is 142 Å². The largest absolute Gasteiger partial charge is 0.477 e. The summed E-state index contributed by atoms with van der Waals surface area (Å²) in [7, 11) is 0. The molecule has 0 bridgehead atoms. The van der Waals surface area contributed by atoms with E-state index in [0.29, 0.717) is 5.69 Å². The van der Waals surface area contributed by atoms with E-state index in [4.69, 9.17) is 34.2 Å². The number of amides is 2. The molecule has 0 radical (unpaired) electrons. The lowest BCUT2D eigenvalue weighted by Crippen LogP contribution is -2.69. The van der Waals surface area contributed by atoms with Crippen LogP contribution in [0.5, 0.6) is 5.75 Å². The second kappa shape index (κ2) is 17.9. The molecular weight excluding hydrogens is 718 g/mol. The van der Waals surface area contributed by atoms with Gasteiger partial charge in [0.25, 0.3) is 5.79 Å². The van der Waals surface area contributed by atoms with Crippen LogP contribution < -0.4 is 21.1 Å². The first-order chi connectivity index (χ1) is 24.9. The number of rotatable bonds is 14. The second-order valence-corrected chi connectivity index (χ2v) is 12.9. The number of carbonyl (C=O) groups excluding carboxylic acids is 2. The second-order valence-electron chi connectivity index (χ2n) is 12.9. The summed E-state index contributed by atoms with van der Waals surface area (Å²) in [5.74, 6) is -5.85. The summed E-state index contributed by atoms with van der Waals surface area (Å²) in [5, 5.41) is 110. The number of hydrogen-bond acceptors (Lipinski definition) is 19. The molecule has 0 aliphatic carbocycles. The van der Waals surface area contributed by atoms with Crippen molar-refractivity contribution in [1.29, 1.82) is 0 Å². The normalized spacial score (nSPS) is 38.7. The lowest BCUT2D eigenvalue weighted by atomic mass is 9.88. The summed E-state index contributed by atoms with van der Waals surface area (Å²) in [4.78, 5) is 36.4. The fourth-order valence-electron chi connectivity index (χ4n) is 6.22. The van der Waals surface area contributed by atoms with Gasteiger partial charge in [-0.25, -0.2) is 4.79 Å². The first-order valence-corrected chi connectivity index (χ1v) is 16.5. The van der Waals surface area contributed by atoms with Crippen LogP contribution in [0, 0.1) is 0 Å². The van der Waals surface area contributed by atoms with Gasteiger partial charge in [-0.3, -0.25) is 9.59 Å². The van der Waals surface area contributed by atoms with Gasteiger partial charge in [-0.1, -0.05) is 0 Å². The number of ether oxygens (including phenoxy) is 6. The standard InChI is InChI=1S/C31H47N3O19/c1-11(37)33-19-15(39)7-31(30(46)47,53-27(19)21(41)16(40)8-35)48-10-18-22(42)24(44)25(45)29(51-18)52-26-17(9-36)50-28(20(23(26)43)34-12(2)38)49-14-5-3-13(32)4-6-14/h3-6,15-29,35-36,39-45H,7-10,32H2,1-2H3,(H,33,37)(H,34,38)(H,46,47)/t15-,16+,17+,18+,19+,20+,21+,22-,23+,24-,25+,26+,27+,28+,29-,31+/m0/s1. The number of carbonyl (C=O) groups is 3. The van der Waals surface area contributed by atoms with Crippen LogP contribution >= 0.6 is 0 Å². The van der Waals surface area contributed by atoms with E-state index in [1.807, 2.05) is 0 Å². The summed E-state index contributed by atoms with van der Waals surface area (Å²) < 4.78 is 34.1.